The van der Waals surface area contributed by atoms with Crippen molar-refractivity contribution in [2.75, 3.05) is 18.1 Å². The van der Waals surface area contributed by atoms with Crippen LogP contribution >= 0.6 is 0 Å². The van der Waals surface area contributed by atoms with Gasteiger partial charge in [0.2, 0.25) is 5.95 Å². The van der Waals surface area contributed by atoms with Gasteiger partial charge in [0.15, 0.2) is 0 Å². The molecule has 3 rings (SSSR count). The number of hydrogen-bond donors (Lipinski definition) is 2. The van der Waals surface area contributed by atoms with E-state index in [1.54, 1.807) is 0 Å². The Morgan fingerprint density at radius 1 is 0.958 bits per heavy atom. The van der Waals surface area contributed by atoms with Crippen LogP contribution in [0.1, 0.15) is 6.92 Å². The average molecular weight is 334 g/mol. The second-order valence-electron chi connectivity index (χ2n) is 5.06. The van der Waals surface area contributed by atoms with Crippen molar-refractivity contribution in [2.45, 2.75) is 13.1 Å². The topological polar surface area (TPSA) is 63.8 Å². The van der Waals surface area contributed by atoms with Crippen molar-refractivity contribution in [3.63, 3.8) is 0 Å². The van der Waals surface area contributed by atoms with Crippen LogP contribution in [0.3, 0.4) is 0 Å². The summed E-state index contributed by atoms with van der Waals surface area (Å²) in [4.78, 5) is 8.47. The second kappa shape index (κ2) is 7.16. The maximum Gasteiger partial charge on any atom is 0.386 e. The molecule has 1 heterocycles. The first-order valence-corrected chi connectivity index (χ1v) is 7.15. The highest BCUT2D eigenvalue weighted by atomic mass is 19.4. The van der Waals surface area contributed by atoms with E-state index in [9.17, 15) is 13.2 Å². The largest absolute Gasteiger partial charge is 0.386 e. The lowest BCUT2D eigenvalue weighted by Gasteiger charge is -2.08. The monoisotopic (exact) mass is 334 g/mol. The molecule has 0 radical (unpaired) electrons. The molecule has 3 N–H and O–H groups in total. The molecule has 7 heteroatoms. The molecule has 0 atom stereocenters. The number of halogens is 3. The van der Waals surface area contributed by atoms with Crippen LogP contribution in [0.4, 0.5) is 24.9 Å². The van der Waals surface area contributed by atoms with Crippen LogP contribution in [0.15, 0.2) is 48.5 Å². The van der Waals surface area contributed by atoms with Crippen molar-refractivity contribution in [2.24, 2.45) is 0 Å². The summed E-state index contributed by atoms with van der Waals surface area (Å²) < 4.78 is 31.1. The standard InChI is InChI=1S/C15H14N4.C2H3F3/c1-17-14-12-8-7-11(10-5-3-2-4-6-10)9-13(12)18-15(16)19-14;1-2(3,4)5/h2-9H,1H3,(H3,16,17,18,19);1H3. The van der Waals surface area contributed by atoms with Gasteiger partial charge in [-0.15, -0.1) is 0 Å². The number of nitrogens with one attached hydrogen (secondary N) is 1. The molecule has 24 heavy (non-hydrogen) atoms. The molecule has 0 amide bonds. The molecule has 4 nitrogen and oxygen atoms in total. The van der Waals surface area contributed by atoms with E-state index in [0.717, 1.165) is 27.8 Å². The molecule has 0 saturated heterocycles. The third-order valence-electron chi connectivity index (χ3n) is 3.06. The predicted octanol–water partition coefficient (Wildman–Crippen LogP) is 4.49. The Labute approximate surface area is 137 Å². The quantitative estimate of drug-likeness (QED) is 0.725. The van der Waals surface area contributed by atoms with Crippen molar-refractivity contribution in [3.05, 3.63) is 48.5 Å². The summed E-state index contributed by atoms with van der Waals surface area (Å²) in [6.07, 6.45) is -4.00. The zero-order valence-electron chi connectivity index (χ0n) is 13.2. The normalized spacial score (nSPS) is 10.9. The van der Waals surface area contributed by atoms with Crippen molar-refractivity contribution >= 4 is 22.7 Å². The van der Waals surface area contributed by atoms with Gasteiger partial charge in [0.25, 0.3) is 0 Å². The number of nitrogen functional groups attached to an aromatic ring is 1. The van der Waals surface area contributed by atoms with E-state index in [-0.39, 0.29) is 12.9 Å². The molecule has 0 saturated carbocycles. The van der Waals surface area contributed by atoms with Gasteiger partial charge in [-0.3, -0.25) is 0 Å². The molecule has 0 spiro atoms. The number of alkyl halides is 3. The first-order chi connectivity index (χ1) is 11.3. The van der Waals surface area contributed by atoms with Crippen LogP contribution in [0, 0.1) is 0 Å². The van der Waals surface area contributed by atoms with Crippen LogP contribution in [0.25, 0.3) is 22.0 Å². The summed E-state index contributed by atoms with van der Waals surface area (Å²) in [7, 11) is 1.83. The molecule has 0 aliphatic heterocycles. The SMILES string of the molecule is CC(F)(F)F.CNc1nc(N)nc2cc(-c3ccccc3)ccc12. The Balaban J connectivity index is 0.000000368. The third kappa shape index (κ3) is 4.84. The number of nitrogens with two attached hydrogens (primary N) is 1. The zero-order valence-corrected chi connectivity index (χ0v) is 13.2. The molecule has 2 aromatic carbocycles. The number of anilines is 2. The first-order valence-electron chi connectivity index (χ1n) is 7.15. The van der Waals surface area contributed by atoms with Crippen LogP contribution in [0.2, 0.25) is 0 Å². The fraction of sp³-hybridized carbons (Fsp3) is 0.176. The molecule has 0 bridgehead atoms. The lowest BCUT2D eigenvalue weighted by atomic mass is 10.0. The van der Waals surface area contributed by atoms with Crippen molar-refractivity contribution in [1.29, 1.82) is 0 Å². The number of rotatable bonds is 2. The minimum Gasteiger partial charge on any atom is -0.372 e. The Morgan fingerprint density at radius 2 is 1.58 bits per heavy atom. The summed E-state index contributed by atoms with van der Waals surface area (Å²) in [5, 5.41) is 4.01. The molecular weight excluding hydrogens is 317 g/mol. The van der Waals surface area contributed by atoms with Gasteiger partial charge in [-0.05, 0) is 23.3 Å². The van der Waals surface area contributed by atoms with Crippen molar-refractivity contribution < 1.29 is 13.2 Å². The van der Waals surface area contributed by atoms with E-state index in [1.807, 2.05) is 37.4 Å². The zero-order chi connectivity index (χ0) is 17.7. The number of aromatic nitrogens is 2. The summed E-state index contributed by atoms with van der Waals surface area (Å²) in [6.45, 7) is 0.188. The highest BCUT2D eigenvalue weighted by molar-refractivity contribution is 5.92. The lowest BCUT2D eigenvalue weighted by molar-refractivity contribution is -0.110. The van der Waals surface area contributed by atoms with E-state index in [4.69, 9.17) is 5.73 Å². The number of hydrogen-bond acceptors (Lipinski definition) is 4. The molecule has 0 fully saturated rings. The minimum absolute atomic E-state index is 0.188. The highest BCUT2D eigenvalue weighted by Gasteiger charge is 2.15. The molecule has 0 aliphatic carbocycles. The molecule has 0 unspecified atom stereocenters. The summed E-state index contributed by atoms with van der Waals surface area (Å²) in [5.41, 5.74) is 8.85. The molecule has 3 aromatic rings. The Hall–Kier alpha value is -2.83. The van der Waals surface area contributed by atoms with Gasteiger partial charge in [0, 0.05) is 19.4 Å². The molecule has 1 aromatic heterocycles. The smallest absolute Gasteiger partial charge is 0.372 e. The summed E-state index contributed by atoms with van der Waals surface area (Å²) in [6, 6.07) is 16.3. The first kappa shape index (κ1) is 17.5. The Kier molecular flexibility index (Phi) is 5.23. The van der Waals surface area contributed by atoms with Crippen LogP contribution in [-0.2, 0) is 0 Å². The van der Waals surface area contributed by atoms with Crippen LogP contribution < -0.4 is 11.1 Å². The van der Waals surface area contributed by atoms with Crippen LogP contribution in [0.5, 0.6) is 0 Å². The van der Waals surface area contributed by atoms with Crippen molar-refractivity contribution in [1.82, 2.24) is 9.97 Å². The second-order valence-corrected chi connectivity index (χ2v) is 5.06. The van der Waals surface area contributed by atoms with Gasteiger partial charge in [-0.2, -0.15) is 18.2 Å². The molecule has 0 aliphatic rings. The number of fused-ring (bicyclic) bond motifs is 1. The van der Waals surface area contributed by atoms with Gasteiger partial charge < -0.3 is 11.1 Å². The van der Waals surface area contributed by atoms with Crippen molar-refractivity contribution in [3.8, 4) is 11.1 Å². The number of nitrogens with zero attached hydrogens (tertiary/aromatic N) is 2. The Morgan fingerprint density at radius 3 is 2.17 bits per heavy atom. The van der Waals surface area contributed by atoms with E-state index >= 15 is 0 Å². The van der Waals surface area contributed by atoms with E-state index in [0.29, 0.717) is 0 Å². The molecular formula is C17H17F3N4. The maximum atomic E-state index is 10.4. The minimum atomic E-state index is -4.00. The van der Waals surface area contributed by atoms with Gasteiger partial charge in [0.05, 0.1) is 5.52 Å². The van der Waals surface area contributed by atoms with E-state index < -0.39 is 6.18 Å². The van der Waals surface area contributed by atoms with Gasteiger partial charge in [-0.25, -0.2) is 4.98 Å². The highest BCUT2D eigenvalue weighted by Crippen LogP contribution is 2.27. The average Bonchev–Trinajstić information content (AvgIpc) is 2.52. The number of benzene rings is 2. The third-order valence-corrected chi connectivity index (χ3v) is 3.06. The van der Waals surface area contributed by atoms with Gasteiger partial charge in [0.1, 0.15) is 5.82 Å². The van der Waals surface area contributed by atoms with E-state index in [1.165, 1.54) is 0 Å². The van der Waals surface area contributed by atoms with Crippen LogP contribution in [-0.4, -0.2) is 23.2 Å². The van der Waals surface area contributed by atoms with Gasteiger partial charge in [-0.1, -0.05) is 36.4 Å². The predicted molar refractivity (Wildman–Crippen MR) is 90.7 cm³/mol. The van der Waals surface area contributed by atoms with Gasteiger partial charge >= 0.3 is 6.18 Å². The fourth-order valence-electron chi connectivity index (χ4n) is 2.15. The lowest BCUT2D eigenvalue weighted by Crippen LogP contribution is -2.01. The fourth-order valence-corrected chi connectivity index (χ4v) is 2.15. The Bertz CT molecular complexity index is 811. The maximum absolute atomic E-state index is 10.4. The summed E-state index contributed by atoms with van der Waals surface area (Å²) >= 11 is 0. The molecule has 126 valence electrons. The van der Waals surface area contributed by atoms with E-state index in [2.05, 4.69) is 33.5 Å². The summed E-state index contributed by atoms with van der Waals surface area (Å²) in [5.74, 6) is 1.03.